The molecule has 72 valence electrons. The lowest BCUT2D eigenvalue weighted by Gasteiger charge is -2.33. The molecule has 0 aliphatic carbocycles. The van der Waals surface area contributed by atoms with E-state index in [-0.39, 0.29) is 11.1 Å². The molecule has 1 aliphatic heterocycles. The van der Waals surface area contributed by atoms with Crippen LogP contribution in [-0.4, -0.2) is 34.0 Å². The highest BCUT2D eigenvalue weighted by Gasteiger charge is 2.40. The van der Waals surface area contributed by atoms with Crippen molar-refractivity contribution >= 4 is 0 Å². The first-order valence-electron chi connectivity index (χ1n) is 4.45. The number of nitrogens with zero attached hydrogens (tertiary/aromatic N) is 1. The summed E-state index contributed by atoms with van der Waals surface area (Å²) in [5, 5.41) is 12.8. The van der Waals surface area contributed by atoms with Crippen LogP contribution in [0, 0.1) is 0 Å². The fourth-order valence-electron chi connectivity index (χ4n) is 1.59. The van der Waals surface area contributed by atoms with Crippen LogP contribution in [0.3, 0.4) is 0 Å². The SMILES string of the molecule is CC1(C)CN(C(C)(C)C)C(O)N1. The molecule has 1 atom stereocenters. The van der Waals surface area contributed by atoms with Crippen LogP contribution >= 0.6 is 0 Å². The average Bonchev–Trinajstić information content (AvgIpc) is 2.03. The Kier molecular flexibility index (Phi) is 2.23. The molecule has 0 aromatic rings. The molecule has 1 rings (SSSR count). The Morgan fingerprint density at radius 3 is 2.08 bits per heavy atom. The Hall–Kier alpha value is -0.120. The molecule has 2 N–H and O–H groups in total. The zero-order valence-corrected chi connectivity index (χ0v) is 8.68. The minimum absolute atomic E-state index is 0.0205. The summed E-state index contributed by atoms with van der Waals surface area (Å²) >= 11 is 0. The summed E-state index contributed by atoms with van der Waals surface area (Å²) in [5.74, 6) is 0. The molecule has 0 amide bonds. The summed E-state index contributed by atoms with van der Waals surface area (Å²) in [6.07, 6.45) is -0.500. The predicted octanol–water partition coefficient (Wildman–Crippen LogP) is 0.745. The molecule has 0 aromatic carbocycles. The molecule has 3 nitrogen and oxygen atoms in total. The molecule has 12 heavy (non-hydrogen) atoms. The molecule has 0 saturated carbocycles. The van der Waals surface area contributed by atoms with Gasteiger partial charge in [-0.05, 0) is 34.6 Å². The van der Waals surface area contributed by atoms with E-state index in [0.29, 0.717) is 0 Å². The van der Waals surface area contributed by atoms with Crippen molar-refractivity contribution in [3.05, 3.63) is 0 Å². The van der Waals surface area contributed by atoms with Gasteiger partial charge >= 0.3 is 0 Å². The lowest BCUT2D eigenvalue weighted by Crippen LogP contribution is -2.47. The van der Waals surface area contributed by atoms with Crippen molar-refractivity contribution in [3.63, 3.8) is 0 Å². The van der Waals surface area contributed by atoms with E-state index >= 15 is 0 Å². The number of nitrogens with one attached hydrogen (secondary N) is 1. The van der Waals surface area contributed by atoms with Crippen LogP contribution in [0.2, 0.25) is 0 Å². The van der Waals surface area contributed by atoms with Crippen LogP contribution in [0.4, 0.5) is 0 Å². The molecule has 0 aromatic heterocycles. The molecular weight excluding hydrogens is 152 g/mol. The fraction of sp³-hybridized carbons (Fsp3) is 1.00. The summed E-state index contributed by atoms with van der Waals surface area (Å²) in [7, 11) is 0. The monoisotopic (exact) mass is 172 g/mol. The second kappa shape index (κ2) is 2.69. The maximum absolute atomic E-state index is 9.68. The Bertz CT molecular complexity index is 172. The Labute approximate surface area is 74.8 Å². The Morgan fingerprint density at radius 1 is 1.42 bits per heavy atom. The van der Waals surface area contributed by atoms with Crippen molar-refractivity contribution in [3.8, 4) is 0 Å². The van der Waals surface area contributed by atoms with E-state index in [9.17, 15) is 5.11 Å². The van der Waals surface area contributed by atoms with Gasteiger partial charge in [0.05, 0.1) is 0 Å². The molecule has 1 unspecified atom stereocenters. The van der Waals surface area contributed by atoms with Crippen LogP contribution in [0.1, 0.15) is 34.6 Å². The van der Waals surface area contributed by atoms with Gasteiger partial charge in [-0.3, -0.25) is 10.2 Å². The maximum Gasteiger partial charge on any atom is 0.163 e. The van der Waals surface area contributed by atoms with Crippen molar-refractivity contribution < 1.29 is 5.11 Å². The van der Waals surface area contributed by atoms with Gasteiger partial charge in [0.15, 0.2) is 6.35 Å². The lowest BCUT2D eigenvalue weighted by atomic mass is 10.0. The van der Waals surface area contributed by atoms with Gasteiger partial charge in [-0.1, -0.05) is 0 Å². The minimum atomic E-state index is -0.500. The normalized spacial score (nSPS) is 31.0. The summed E-state index contributed by atoms with van der Waals surface area (Å²) in [6.45, 7) is 11.4. The van der Waals surface area contributed by atoms with E-state index in [0.717, 1.165) is 6.54 Å². The predicted molar refractivity (Wildman–Crippen MR) is 49.7 cm³/mol. The van der Waals surface area contributed by atoms with Gasteiger partial charge in [0, 0.05) is 17.6 Å². The number of hydrogen-bond acceptors (Lipinski definition) is 3. The third kappa shape index (κ3) is 1.97. The van der Waals surface area contributed by atoms with Gasteiger partial charge in [-0.15, -0.1) is 0 Å². The standard InChI is InChI=1S/C9H20N2O/c1-8(2,3)11-6-9(4,5)10-7(11)12/h7,10,12H,6H2,1-5H3. The zero-order valence-electron chi connectivity index (χ0n) is 8.68. The number of hydrogen-bond donors (Lipinski definition) is 2. The third-order valence-corrected chi connectivity index (χ3v) is 2.24. The molecule has 1 saturated heterocycles. The van der Waals surface area contributed by atoms with Crippen molar-refractivity contribution in [2.45, 2.75) is 52.0 Å². The molecule has 0 radical (unpaired) electrons. The van der Waals surface area contributed by atoms with E-state index in [1.165, 1.54) is 0 Å². The first kappa shape index (κ1) is 9.96. The zero-order chi connectivity index (χ0) is 9.57. The number of aliphatic hydroxyl groups is 1. The third-order valence-electron chi connectivity index (χ3n) is 2.24. The summed E-state index contributed by atoms with van der Waals surface area (Å²) in [4.78, 5) is 2.06. The topological polar surface area (TPSA) is 35.5 Å². The van der Waals surface area contributed by atoms with E-state index in [1.807, 2.05) is 0 Å². The lowest BCUT2D eigenvalue weighted by molar-refractivity contribution is -0.0303. The fourth-order valence-corrected chi connectivity index (χ4v) is 1.59. The second-order valence-electron chi connectivity index (χ2n) is 5.20. The van der Waals surface area contributed by atoms with E-state index in [2.05, 4.69) is 44.8 Å². The summed E-state index contributed by atoms with van der Waals surface area (Å²) in [5.41, 5.74) is 0.0485. The van der Waals surface area contributed by atoms with Crippen molar-refractivity contribution in [2.75, 3.05) is 6.54 Å². The van der Waals surface area contributed by atoms with Crippen LogP contribution in [0.25, 0.3) is 0 Å². The molecule has 1 heterocycles. The molecule has 1 fully saturated rings. The van der Waals surface area contributed by atoms with Crippen molar-refractivity contribution in [1.29, 1.82) is 0 Å². The maximum atomic E-state index is 9.68. The van der Waals surface area contributed by atoms with Crippen LogP contribution in [0.5, 0.6) is 0 Å². The smallest absolute Gasteiger partial charge is 0.163 e. The number of rotatable bonds is 0. The van der Waals surface area contributed by atoms with E-state index in [1.54, 1.807) is 0 Å². The first-order chi connectivity index (χ1) is 5.22. The van der Waals surface area contributed by atoms with Crippen LogP contribution in [0.15, 0.2) is 0 Å². The van der Waals surface area contributed by atoms with Crippen molar-refractivity contribution in [2.24, 2.45) is 0 Å². The first-order valence-corrected chi connectivity index (χ1v) is 4.45. The quantitative estimate of drug-likeness (QED) is 0.566. The Morgan fingerprint density at radius 2 is 1.92 bits per heavy atom. The molecule has 3 heteroatoms. The van der Waals surface area contributed by atoms with Gasteiger partial charge in [-0.25, -0.2) is 0 Å². The number of aliphatic hydroxyl groups excluding tert-OH is 1. The van der Waals surface area contributed by atoms with Crippen LogP contribution in [-0.2, 0) is 0 Å². The highest BCUT2D eigenvalue weighted by molar-refractivity contribution is 4.94. The van der Waals surface area contributed by atoms with Crippen molar-refractivity contribution in [1.82, 2.24) is 10.2 Å². The molecule has 0 spiro atoms. The van der Waals surface area contributed by atoms with Crippen LogP contribution < -0.4 is 5.32 Å². The molecular formula is C9H20N2O. The summed E-state index contributed by atoms with van der Waals surface area (Å²) < 4.78 is 0. The van der Waals surface area contributed by atoms with E-state index in [4.69, 9.17) is 0 Å². The highest BCUT2D eigenvalue weighted by Crippen LogP contribution is 2.24. The summed E-state index contributed by atoms with van der Waals surface area (Å²) in [6, 6.07) is 0. The second-order valence-corrected chi connectivity index (χ2v) is 5.20. The largest absolute Gasteiger partial charge is 0.365 e. The minimum Gasteiger partial charge on any atom is -0.365 e. The Balaban J connectivity index is 2.71. The van der Waals surface area contributed by atoms with Gasteiger partial charge in [0.1, 0.15) is 0 Å². The van der Waals surface area contributed by atoms with E-state index < -0.39 is 6.35 Å². The molecule has 0 bridgehead atoms. The molecule has 1 aliphatic rings. The van der Waals surface area contributed by atoms with Gasteiger partial charge in [0.2, 0.25) is 0 Å². The average molecular weight is 172 g/mol. The van der Waals surface area contributed by atoms with Gasteiger partial charge in [0.25, 0.3) is 0 Å². The highest BCUT2D eigenvalue weighted by atomic mass is 16.3. The van der Waals surface area contributed by atoms with Gasteiger partial charge < -0.3 is 5.11 Å². The van der Waals surface area contributed by atoms with Gasteiger partial charge in [-0.2, -0.15) is 0 Å².